The molecule has 1 aromatic carbocycles. The van der Waals surface area contributed by atoms with Gasteiger partial charge in [-0.25, -0.2) is 0 Å². The van der Waals surface area contributed by atoms with E-state index in [9.17, 15) is 4.79 Å². The molecule has 23 heavy (non-hydrogen) atoms. The zero-order chi connectivity index (χ0) is 17.4. The number of carbonyl (C=O) groups excluding carboxylic acids is 1. The molecule has 2 rings (SSSR count). The summed E-state index contributed by atoms with van der Waals surface area (Å²) >= 11 is 0. The van der Waals surface area contributed by atoms with E-state index in [1.807, 2.05) is 29.8 Å². The van der Waals surface area contributed by atoms with Crippen molar-refractivity contribution in [3.8, 4) is 0 Å². The minimum atomic E-state index is -1.78. The molecule has 0 fully saturated rings. The number of aromatic nitrogens is 2. The van der Waals surface area contributed by atoms with Crippen LogP contribution in [0.15, 0.2) is 18.2 Å². The molecule has 0 aliphatic carbocycles. The number of aryl methyl sites for hydroxylation is 1. The van der Waals surface area contributed by atoms with Crippen LogP contribution in [0.5, 0.6) is 0 Å². The van der Waals surface area contributed by atoms with Crippen LogP contribution in [0.4, 0.5) is 0 Å². The summed E-state index contributed by atoms with van der Waals surface area (Å²) in [5, 5.41) is 5.37. The van der Waals surface area contributed by atoms with Gasteiger partial charge in [-0.2, -0.15) is 5.10 Å². The summed E-state index contributed by atoms with van der Waals surface area (Å²) in [6.45, 7) is 14.3. The molecule has 2 N–H and O–H groups in total. The van der Waals surface area contributed by atoms with Crippen molar-refractivity contribution in [1.29, 1.82) is 0 Å². The summed E-state index contributed by atoms with van der Waals surface area (Å²) in [6.07, 6.45) is 0. The Morgan fingerprint density at radius 1 is 1.35 bits per heavy atom. The normalized spacial score (nSPS) is 12.8. The van der Waals surface area contributed by atoms with Gasteiger partial charge in [-0.15, -0.1) is 0 Å². The second kappa shape index (κ2) is 6.09. The van der Waals surface area contributed by atoms with E-state index in [0.29, 0.717) is 18.8 Å². The summed E-state index contributed by atoms with van der Waals surface area (Å²) in [4.78, 5) is 11.6. The quantitative estimate of drug-likeness (QED) is 0.852. The lowest BCUT2D eigenvalue weighted by Gasteiger charge is -2.36. The molecule has 2 aromatic rings. The molecule has 126 valence electrons. The molecular formula is C17H27N3O2Si. The fourth-order valence-electron chi connectivity index (χ4n) is 2.25. The Morgan fingerprint density at radius 2 is 2.00 bits per heavy atom. The third-order valence-corrected chi connectivity index (χ3v) is 9.25. The number of benzene rings is 1. The predicted octanol–water partition coefficient (Wildman–Crippen LogP) is 3.47. The smallest absolute Gasteiger partial charge is 0.269 e. The fraction of sp³-hybridized carbons (Fsp3) is 0.529. The van der Waals surface area contributed by atoms with Crippen LogP contribution in [0.2, 0.25) is 18.1 Å². The maximum atomic E-state index is 11.6. The Kier molecular flexibility index (Phi) is 4.68. The number of nitrogens with zero attached hydrogens (tertiary/aromatic N) is 2. The highest BCUT2D eigenvalue weighted by molar-refractivity contribution is 6.74. The van der Waals surface area contributed by atoms with Crippen molar-refractivity contribution in [3.63, 3.8) is 0 Å². The van der Waals surface area contributed by atoms with E-state index in [0.717, 1.165) is 16.5 Å². The van der Waals surface area contributed by atoms with Gasteiger partial charge in [0, 0.05) is 5.39 Å². The van der Waals surface area contributed by atoms with Crippen molar-refractivity contribution in [3.05, 3.63) is 29.5 Å². The summed E-state index contributed by atoms with van der Waals surface area (Å²) in [7, 11) is -1.78. The van der Waals surface area contributed by atoms with Crippen LogP contribution in [-0.2, 0) is 11.0 Å². The highest BCUT2D eigenvalue weighted by atomic mass is 28.4. The zero-order valence-corrected chi connectivity index (χ0v) is 15.9. The van der Waals surface area contributed by atoms with Crippen LogP contribution in [0.1, 0.15) is 36.8 Å². The number of carbonyl (C=O) groups is 1. The number of hydrogen-bond donors (Lipinski definition) is 1. The van der Waals surface area contributed by atoms with E-state index >= 15 is 0 Å². The summed E-state index contributed by atoms with van der Waals surface area (Å²) in [6, 6.07) is 5.95. The minimum Gasteiger partial charge on any atom is -0.415 e. The monoisotopic (exact) mass is 333 g/mol. The first-order valence-corrected chi connectivity index (χ1v) is 10.8. The lowest BCUT2D eigenvalue weighted by molar-refractivity contribution is 0.0996. The first kappa shape index (κ1) is 17.7. The van der Waals surface area contributed by atoms with Crippen LogP contribution in [0.25, 0.3) is 10.9 Å². The largest absolute Gasteiger partial charge is 0.415 e. The molecule has 1 heterocycles. The second-order valence-corrected chi connectivity index (χ2v) is 12.4. The van der Waals surface area contributed by atoms with Crippen LogP contribution in [0, 0.1) is 6.92 Å². The molecule has 5 nitrogen and oxygen atoms in total. The topological polar surface area (TPSA) is 70.1 Å². The Balaban J connectivity index is 2.23. The summed E-state index contributed by atoms with van der Waals surface area (Å²) in [5.41, 5.74) is 7.79. The zero-order valence-electron chi connectivity index (χ0n) is 14.9. The molecule has 0 radical (unpaired) electrons. The molecule has 0 aliphatic heterocycles. The first-order valence-electron chi connectivity index (χ1n) is 7.94. The van der Waals surface area contributed by atoms with E-state index in [1.54, 1.807) is 0 Å². The molecule has 0 saturated carbocycles. The average Bonchev–Trinajstić information content (AvgIpc) is 2.75. The maximum absolute atomic E-state index is 11.6. The fourth-order valence-corrected chi connectivity index (χ4v) is 3.28. The Bertz CT molecular complexity index is 729. The van der Waals surface area contributed by atoms with Gasteiger partial charge in [0.1, 0.15) is 0 Å². The van der Waals surface area contributed by atoms with Gasteiger partial charge < -0.3 is 10.2 Å². The molecule has 0 unspecified atom stereocenters. The van der Waals surface area contributed by atoms with Crippen LogP contribution >= 0.6 is 0 Å². The van der Waals surface area contributed by atoms with Gasteiger partial charge in [0.15, 0.2) is 14.0 Å². The molecule has 0 saturated heterocycles. The Hall–Kier alpha value is -1.66. The van der Waals surface area contributed by atoms with Gasteiger partial charge in [0.05, 0.1) is 18.7 Å². The second-order valence-electron chi connectivity index (χ2n) is 7.57. The van der Waals surface area contributed by atoms with E-state index in [1.165, 1.54) is 0 Å². The van der Waals surface area contributed by atoms with Crippen molar-refractivity contribution in [2.24, 2.45) is 5.73 Å². The number of hydrogen-bond acceptors (Lipinski definition) is 3. The van der Waals surface area contributed by atoms with Crippen LogP contribution < -0.4 is 5.73 Å². The summed E-state index contributed by atoms with van der Waals surface area (Å²) in [5.74, 6) is -0.496. The average molecular weight is 334 g/mol. The predicted molar refractivity (Wildman–Crippen MR) is 96.1 cm³/mol. The van der Waals surface area contributed by atoms with E-state index < -0.39 is 14.2 Å². The number of primary amides is 1. The van der Waals surface area contributed by atoms with Crippen molar-refractivity contribution in [2.45, 2.75) is 52.4 Å². The van der Waals surface area contributed by atoms with E-state index in [2.05, 4.69) is 39.0 Å². The van der Waals surface area contributed by atoms with Crippen molar-refractivity contribution < 1.29 is 9.22 Å². The summed E-state index contributed by atoms with van der Waals surface area (Å²) < 4.78 is 8.02. The van der Waals surface area contributed by atoms with Gasteiger partial charge in [-0.05, 0) is 37.2 Å². The van der Waals surface area contributed by atoms with Crippen molar-refractivity contribution in [1.82, 2.24) is 9.78 Å². The van der Waals surface area contributed by atoms with Crippen LogP contribution in [0.3, 0.4) is 0 Å². The van der Waals surface area contributed by atoms with E-state index in [4.69, 9.17) is 10.2 Å². The molecule has 0 aliphatic rings. The van der Waals surface area contributed by atoms with Gasteiger partial charge >= 0.3 is 0 Å². The van der Waals surface area contributed by atoms with Crippen LogP contribution in [-0.4, -0.2) is 30.6 Å². The van der Waals surface area contributed by atoms with E-state index in [-0.39, 0.29) is 5.04 Å². The Morgan fingerprint density at radius 3 is 2.57 bits per heavy atom. The SMILES string of the molecule is Cc1ccc2c(c1)c(C(N)=O)nn2CCO[Si](C)(C)C(C)(C)C. The third kappa shape index (κ3) is 3.64. The molecular weight excluding hydrogens is 306 g/mol. The highest BCUT2D eigenvalue weighted by Gasteiger charge is 2.36. The molecule has 1 aromatic heterocycles. The first-order chi connectivity index (χ1) is 10.5. The van der Waals surface area contributed by atoms with Crippen molar-refractivity contribution in [2.75, 3.05) is 6.61 Å². The molecule has 6 heteroatoms. The molecule has 0 bridgehead atoms. The number of rotatable bonds is 5. The Labute approximate surface area is 138 Å². The number of amides is 1. The van der Waals surface area contributed by atoms with Gasteiger partial charge in [-0.1, -0.05) is 32.4 Å². The maximum Gasteiger partial charge on any atom is 0.269 e. The number of nitrogens with two attached hydrogens (primary N) is 1. The van der Waals surface area contributed by atoms with Gasteiger partial charge in [0.2, 0.25) is 0 Å². The number of fused-ring (bicyclic) bond motifs is 1. The molecule has 0 atom stereocenters. The van der Waals surface area contributed by atoms with Gasteiger partial charge in [0.25, 0.3) is 5.91 Å². The third-order valence-electron chi connectivity index (χ3n) is 4.71. The van der Waals surface area contributed by atoms with Crippen molar-refractivity contribution >= 4 is 25.1 Å². The van der Waals surface area contributed by atoms with Gasteiger partial charge in [-0.3, -0.25) is 9.48 Å². The lowest BCUT2D eigenvalue weighted by atomic mass is 10.1. The standard InChI is InChI=1S/C17H27N3O2Si/c1-12-7-8-14-13(11-12)15(16(18)21)19-20(14)9-10-22-23(5,6)17(2,3)4/h7-8,11H,9-10H2,1-6H3,(H2,18,21). The molecule has 0 spiro atoms. The minimum absolute atomic E-state index is 0.175. The molecule has 1 amide bonds. The highest BCUT2D eigenvalue weighted by Crippen LogP contribution is 2.36. The lowest BCUT2D eigenvalue weighted by Crippen LogP contribution is -2.41.